The molecule has 0 radical (unpaired) electrons. The summed E-state index contributed by atoms with van der Waals surface area (Å²) < 4.78 is 11.3. The molecule has 2 aliphatic rings. The van der Waals surface area contributed by atoms with Gasteiger partial charge in [-0.3, -0.25) is 0 Å². The highest BCUT2D eigenvalue weighted by molar-refractivity contribution is 4.96. The fourth-order valence-electron chi connectivity index (χ4n) is 3.05. The summed E-state index contributed by atoms with van der Waals surface area (Å²) in [6.45, 7) is 0.244. The van der Waals surface area contributed by atoms with Gasteiger partial charge in [0.15, 0.2) is 6.04 Å². The van der Waals surface area contributed by atoms with Gasteiger partial charge in [0.1, 0.15) is 49.2 Å². The average Bonchev–Trinajstić information content (AvgIpc) is 2.49. The molecule has 1 aliphatic carbocycles. The summed E-state index contributed by atoms with van der Waals surface area (Å²) in [5.74, 6) is 0. The number of rotatable bonds is 3. The molecule has 0 aromatic rings. The van der Waals surface area contributed by atoms with E-state index >= 15 is 0 Å². The molecule has 130 valence electrons. The predicted molar refractivity (Wildman–Crippen MR) is 71.3 cm³/mol. The Morgan fingerprint density at radius 3 is 2.27 bits per heavy atom. The molecule has 10 nitrogen and oxygen atoms in total. The van der Waals surface area contributed by atoms with E-state index in [2.05, 4.69) is 17.2 Å². The molecule has 0 bridgehead atoms. The van der Waals surface area contributed by atoms with E-state index in [0.29, 0.717) is 6.42 Å². The molecule has 0 aromatic carbocycles. The molecule has 1 saturated heterocycles. The summed E-state index contributed by atoms with van der Waals surface area (Å²) in [6, 6.07) is -1.67. The topological polar surface area (TPSA) is 208 Å². The summed E-state index contributed by atoms with van der Waals surface area (Å²) in [5, 5.41) is 40.0. The standard InChI is InChI=1S/C12H26N4O6/c13-2-5-8(18)9(19)6(16)12(21-5)22-11-4(15)1-3(14)7(17)10(11)20/h3-12,17-20H,1-2,13-16H2/p+3. The first-order chi connectivity index (χ1) is 10.3. The minimum Gasteiger partial charge on any atom is -0.387 e. The van der Waals surface area contributed by atoms with E-state index < -0.39 is 55.0 Å². The van der Waals surface area contributed by atoms with Gasteiger partial charge in [-0.05, 0) is 0 Å². The first kappa shape index (κ1) is 17.9. The first-order valence-electron chi connectivity index (χ1n) is 7.52. The highest BCUT2D eigenvalue weighted by atomic mass is 16.7. The van der Waals surface area contributed by atoms with E-state index in [9.17, 15) is 20.4 Å². The third-order valence-corrected chi connectivity index (χ3v) is 4.57. The molecule has 1 saturated carbocycles. The van der Waals surface area contributed by atoms with Crippen LogP contribution in [-0.2, 0) is 9.47 Å². The van der Waals surface area contributed by atoms with E-state index in [-0.39, 0.29) is 12.6 Å². The number of nitrogens with two attached hydrogens (primary N) is 1. The summed E-state index contributed by atoms with van der Waals surface area (Å²) >= 11 is 0. The van der Waals surface area contributed by atoms with Crippen molar-refractivity contribution < 1.29 is 47.1 Å². The molecule has 1 aliphatic heterocycles. The minimum absolute atomic E-state index is 0.244. The van der Waals surface area contributed by atoms with E-state index in [0.717, 1.165) is 0 Å². The second kappa shape index (κ2) is 7.01. The summed E-state index contributed by atoms with van der Waals surface area (Å²) in [4.78, 5) is 0. The van der Waals surface area contributed by atoms with Crippen molar-refractivity contribution in [2.75, 3.05) is 6.54 Å². The van der Waals surface area contributed by atoms with E-state index in [1.165, 1.54) is 0 Å². The molecule has 15 N–H and O–H groups in total. The Morgan fingerprint density at radius 2 is 1.68 bits per heavy atom. The monoisotopic (exact) mass is 325 g/mol. The Balaban J connectivity index is 2.08. The second-order valence-corrected chi connectivity index (χ2v) is 6.22. The first-order valence-corrected chi connectivity index (χ1v) is 7.52. The van der Waals surface area contributed by atoms with Gasteiger partial charge in [0, 0.05) is 12.5 Å². The molecular weight excluding hydrogens is 296 g/mol. The van der Waals surface area contributed by atoms with Gasteiger partial charge in [-0.15, -0.1) is 0 Å². The molecule has 0 spiro atoms. The number of hydrogen-bond acceptors (Lipinski definition) is 7. The van der Waals surface area contributed by atoms with Crippen molar-refractivity contribution in [1.29, 1.82) is 0 Å². The Hall–Kier alpha value is -0.400. The van der Waals surface area contributed by atoms with Gasteiger partial charge in [-0.25, -0.2) is 0 Å². The van der Waals surface area contributed by atoms with Crippen LogP contribution >= 0.6 is 0 Å². The zero-order valence-corrected chi connectivity index (χ0v) is 12.5. The SMILES string of the molecule is NC1CC([NH3+])C(O)C(O)C1OC1OC(C[NH3+])C(O)C(O)C1[NH3+]. The normalized spacial score (nSPS) is 53.5. The van der Waals surface area contributed by atoms with Crippen molar-refractivity contribution >= 4 is 0 Å². The van der Waals surface area contributed by atoms with Gasteiger partial charge in [-0.1, -0.05) is 0 Å². The van der Waals surface area contributed by atoms with Crippen molar-refractivity contribution in [3.05, 3.63) is 0 Å². The Labute approximate surface area is 128 Å². The van der Waals surface area contributed by atoms with Crippen molar-refractivity contribution in [2.45, 2.75) is 67.5 Å². The molecule has 1 heterocycles. The van der Waals surface area contributed by atoms with E-state index in [1.807, 2.05) is 0 Å². The number of hydrogen-bond donors (Lipinski definition) is 8. The van der Waals surface area contributed by atoms with Gasteiger partial charge < -0.3 is 52.8 Å². The van der Waals surface area contributed by atoms with Gasteiger partial charge in [0.25, 0.3) is 0 Å². The second-order valence-electron chi connectivity index (χ2n) is 6.22. The molecule has 22 heavy (non-hydrogen) atoms. The Bertz CT molecular complexity index is 376. The third-order valence-electron chi connectivity index (χ3n) is 4.57. The number of aliphatic hydroxyl groups excluding tert-OH is 4. The largest absolute Gasteiger partial charge is 0.387 e. The molecular formula is C12H29N4O6+3. The maximum absolute atomic E-state index is 10.1. The number of aliphatic hydroxyl groups is 4. The van der Waals surface area contributed by atoms with Crippen molar-refractivity contribution in [1.82, 2.24) is 0 Å². The molecule has 0 aromatic heterocycles. The Kier molecular flexibility index (Phi) is 5.72. The third kappa shape index (κ3) is 3.26. The smallest absolute Gasteiger partial charge is 0.214 e. The summed E-state index contributed by atoms with van der Waals surface area (Å²) in [6.07, 6.45) is -6.60. The van der Waals surface area contributed by atoms with Crippen LogP contribution in [0.4, 0.5) is 0 Å². The van der Waals surface area contributed by atoms with Crippen LogP contribution in [0.3, 0.4) is 0 Å². The lowest BCUT2D eigenvalue weighted by Crippen LogP contribution is -2.81. The number of quaternary nitrogens is 3. The van der Waals surface area contributed by atoms with Gasteiger partial charge in [-0.2, -0.15) is 0 Å². The van der Waals surface area contributed by atoms with Crippen LogP contribution in [0.2, 0.25) is 0 Å². The molecule has 10 heteroatoms. The summed E-state index contributed by atoms with van der Waals surface area (Å²) in [5.41, 5.74) is 17.1. The quantitative estimate of drug-likeness (QED) is 0.251. The molecule has 10 atom stereocenters. The van der Waals surface area contributed by atoms with Crippen LogP contribution in [0.1, 0.15) is 6.42 Å². The average molecular weight is 325 g/mol. The maximum Gasteiger partial charge on any atom is 0.214 e. The molecule has 2 rings (SSSR count). The van der Waals surface area contributed by atoms with Crippen molar-refractivity contribution in [2.24, 2.45) is 5.73 Å². The van der Waals surface area contributed by atoms with Gasteiger partial charge in [0.2, 0.25) is 6.29 Å². The lowest BCUT2D eigenvalue weighted by molar-refractivity contribution is -0.515. The minimum atomic E-state index is -1.20. The zero-order valence-electron chi connectivity index (χ0n) is 12.5. The molecule has 10 unspecified atom stereocenters. The van der Waals surface area contributed by atoms with Gasteiger partial charge in [0.05, 0.1) is 0 Å². The van der Waals surface area contributed by atoms with Crippen LogP contribution in [-0.4, -0.2) is 88.0 Å². The van der Waals surface area contributed by atoms with Crippen LogP contribution < -0.4 is 22.9 Å². The van der Waals surface area contributed by atoms with Crippen LogP contribution in [0, 0.1) is 0 Å². The fourth-order valence-corrected chi connectivity index (χ4v) is 3.05. The maximum atomic E-state index is 10.1. The lowest BCUT2D eigenvalue weighted by atomic mass is 9.84. The van der Waals surface area contributed by atoms with Crippen LogP contribution in [0.5, 0.6) is 0 Å². The highest BCUT2D eigenvalue weighted by Gasteiger charge is 2.50. The molecule has 0 amide bonds. The Morgan fingerprint density at radius 1 is 1.05 bits per heavy atom. The van der Waals surface area contributed by atoms with E-state index in [4.69, 9.17) is 15.2 Å². The lowest BCUT2D eigenvalue weighted by Gasteiger charge is -2.43. The van der Waals surface area contributed by atoms with Crippen molar-refractivity contribution in [3.8, 4) is 0 Å². The van der Waals surface area contributed by atoms with Crippen LogP contribution in [0.25, 0.3) is 0 Å². The predicted octanol–water partition coefficient (Wildman–Crippen LogP) is -7.27. The highest BCUT2D eigenvalue weighted by Crippen LogP contribution is 2.25. The van der Waals surface area contributed by atoms with Crippen molar-refractivity contribution in [3.63, 3.8) is 0 Å². The zero-order chi connectivity index (χ0) is 16.6. The van der Waals surface area contributed by atoms with E-state index in [1.54, 1.807) is 0 Å². The number of ether oxygens (including phenoxy) is 2. The van der Waals surface area contributed by atoms with Gasteiger partial charge >= 0.3 is 0 Å². The van der Waals surface area contributed by atoms with Crippen LogP contribution in [0.15, 0.2) is 0 Å². The molecule has 2 fully saturated rings. The summed E-state index contributed by atoms with van der Waals surface area (Å²) in [7, 11) is 0. The fraction of sp³-hybridized carbons (Fsp3) is 1.00.